The second-order valence-corrected chi connectivity index (χ2v) is 4.77. The number of hydrogen-bond donors (Lipinski definition) is 2. The zero-order valence-electron chi connectivity index (χ0n) is 11.5. The highest BCUT2D eigenvalue weighted by Gasteiger charge is 2.15. The molecule has 0 saturated carbocycles. The van der Waals surface area contributed by atoms with Crippen LogP contribution in [0.4, 0.5) is 0 Å². The molecule has 3 aromatic heterocycles. The lowest BCUT2D eigenvalue weighted by Gasteiger charge is -2.08. The van der Waals surface area contributed by atoms with Crippen LogP contribution in [0.25, 0.3) is 28.4 Å². The molecule has 4 nitrogen and oxygen atoms in total. The molecule has 20 heavy (non-hydrogen) atoms. The lowest BCUT2D eigenvalue weighted by Crippen LogP contribution is -1.93. The van der Waals surface area contributed by atoms with E-state index in [0.29, 0.717) is 0 Å². The van der Waals surface area contributed by atoms with Gasteiger partial charge in [0.2, 0.25) is 0 Å². The van der Waals surface area contributed by atoms with Gasteiger partial charge in [0, 0.05) is 34.6 Å². The summed E-state index contributed by atoms with van der Waals surface area (Å²) in [5, 5.41) is 1.08. The molecule has 0 aliphatic carbocycles. The standard InChI is InChI=1S/C16H16N4/c1-10-6-9-18-15(12(10)5-7-17)14-11(2)20-16-13(14)4-3-8-19-16/h3-9H,17H2,1-2H3,(H,19,20)/b7-5-. The summed E-state index contributed by atoms with van der Waals surface area (Å²) in [4.78, 5) is 12.2. The summed E-state index contributed by atoms with van der Waals surface area (Å²) >= 11 is 0. The molecule has 100 valence electrons. The number of aromatic nitrogens is 3. The molecule has 0 saturated heterocycles. The topological polar surface area (TPSA) is 67.6 Å². The van der Waals surface area contributed by atoms with Gasteiger partial charge in [-0.3, -0.25) is 4.98 Å². The first-order valence-electron chi connectivity index (χ1n) is 6.50. The summed E-state index contributed by atoms with van der Waals surface area (Å²) in [7, 11) is 0. The Morgan fingerprint density at radius 3 is 2.80 bits per heavy atom. The van der Waals surface area contributed by atoms with E-state index in [1.54, 1.807) is 12.4 Å². The van der Waals surface area contributed by atoms with E-state index in [2.05, 4.69) is 27.9 Å². The predicted octanol–water partition coefficient (Wildman–Crippen LogP) is 3.17. The van der Waals surface area contributed by atoms with Gasteiger partial charge in [-0.1, -0.05) is 0 Å². The van der Waals surface area contributed by atoms with Crippen LogP contribution in [-0.2, 0) is 0 Å². The van der Waals surface area contributed by atoms with Crippen molar-refractivity contribution >= 4 is 17.1 Å². The highest BCUT2D eigenvalue weighted by molar-refractivity contribution is 5.96. The summed E-state index contributed by atoms with van der Waals surface area (Å²) < 4.78 is 0. The average molecular weight is 264 g/mol. The fraction of sp³-hybridized carbons (Fsp3) is 0.125. The molecule has 0 bridgehead atoms. The number of aromatic amines is 1. The number of fused-ring (bicyclic) bond motifs is 1. The van der Waals surface area contributed by atoms with Gasteiger partial charge in [-0.2, -0.15) is 0 Å². The Hall–Kier alpha value is -2.62. The largest absolute Gasteiger partial charge is 0.405 e. The molecule has 0 spiro atoms. The predicted molar refractivity (Wildman–Crippen MR) is 82.0 cm³/mol. The number of nitrogens with one attached hydrogen (secondary N) is 1. The van der Waals surface area contributed by atoms with E-state index >= 15 is 0 Å². The Morgan fingerprint density at radius 2 is 2.00 bits per heavy atom. The van der Waals surface area contributed by atoms with Crippen LogP contribution in [0.3, 0.4) is 0 Å². The Labute approximate surface area is 117 Å². The third-order valence-electron chi connectivity index (χ3n) is 3.47. The highest BCUT2D eigenvalue weighted by Crippen LogP contribution is 2.33. The van der Waals surface area contributed by atoms with Crippen LogP contribution in [0.5, 0.6) is 0 Å². The minimum atomic E-state index is 0.881. The van der Waals surface area contributed by atoms with Gasteiger partial charge >= 0.3 is 0 Å². The second-order valence-electron chi connectivity index (χ2n) is 4.77. The molecule has 3 N–H and O–H groups in total. The van der Waals surface area contributed by atoms with Crippen molar-refractivity contribution in [3.05, 3.63) is 53.6 Å². The highest BCUT2D eigenvalue weighted by atomic mass is 14.9. The van der Waals surface area contributed by atoms with Crippen molar-refractivity contribution in [1.82, 2.24) is 15.0 Å². The monoisotopic (exact) mass is 264 g/mol. The van der Waals surface area contributed by atoms with Gasteiger partial charge in [-0.05, 0) is 49.9 Å². The molecule has 0 unspecified atom stereocenters. The van der Waals surface area contributed by atoms with E-state index in [9.17, 15) is 0 Å². The molecular formula is C16H16N4. The van der Waals surface area contributed by atoms with E-state index in [0.717, 1.165) is 39.1 Å². The summed E-state index contributed by atoms with van der Waals surface area (Å²) in [6.45, 7) is 4.10. The fourth-order valence-electron chi connectivity index (χ4n) is 2.53. The van der Waals surface area contributed by atoms with Crippen LogP contribution in [0.2, 0.25) is 0 Å². The van der Waals surface area contributed by atoms with Crippen LogP contribution < -0.4 is 5.73 Å². The molecule has 0 aromatic carbocycles. The minimum absolute atomic E-state index is 0.881. The van der Waals surface area contributed by atoms with Crippen LogP contribution in [0.1, 0.15) is 16.8 Å². The quantitative estimate of drug-likeness (QED) is 0.747. The van der Waals surface area contributed by atoms with Crippen LogP contribution in [0.15, 0.2) is 36.8 Å². The average Bonchev–Trinajstić information content (AvgIpc) is 2.77. The van der Waals surface area contributed by atoms with Gasteiger partial charge in [0.25, 0.3) is 0 Å². The number of H-pyrrole nitrogens is 1. The van der Waals surface area contributed by atoms with E-state index < -0.39 is 0 Å². The summed E-state index contributed by atoms with van der Waals surface area (Å²) in [6.07, 6.45) is 7.06. The fourth-order valence-corrected chi connectivity index (χ4v) is 2.53. The molecule has 0 atom stereocenters. The van der Waals surface area contributed by atoms with E-state index in [-0.39, 0.29) is 0 Å². The molecule has 0 amide bonds. The maximum absolute atomic E-state index is 5.57. The first kappa shape index (κ1) is 12.4. The van der Waals surface area contributed by atoms with E-state index in [1.807, 2.05) is 31.3 Å². The lowest BCUT2D eigenvalue weighted by atomic mass is 10.00. The smallest absolute Gasteiger partial charge is 0.138 e. The van der Waals surface area contributed by atoms with E-state index in [1.165, 1.54) is 0 Å². The number of nitrogens with zero attached hydrogens (tertiary/aromatic N) is 2. The van der Waals surface area contributed by atoms with Gasteiger partial charge in [0.15, 0.2) is 0 Å². The number of hydrogen-bond acceptors (Lipinski definition) is 3. The van der Waals surface area contributed by atoms with Gasteiger partial charge < -0.3 is 10.7 Å². The molecule has 3 rings (SSSR count). The van der Waals surface area contributed by atoms with Crippen molar-refractivity contribution in [2.75, 3.05) is 0 Å². The van der Waals surface area contributed by atoms with Crippen molar-refractivity contribution in [3.63, 3.8) is 0 Å². The molecule has 0 aliphatic rings. The Kier molecular flexibility index (Phi) is 2.99. The van der Waals surface area contributed by atoms with Gasteiger partial charge in [0.1, 0.15) is 5.65 Å². The summed E-state index contributed by atoms with van der Waals surface area (Å²) in [5.74, 6) is 0. The maximum atomic E-state index is 5.57. The normalized spacial score (nSPS) is 11.5. The molecule has 0 aliphatic heterocycles. The molecule has 3 heterocycles. The molecule has 0 fully saturated rings. The van der Waals surface area contributed by atoms with Crippen LogP contribution in [-0.4, -0.2) is 15.0 Å². The first-order valence-corrected chi connectivity index (χ1v) is 6.50. The van der Waals surface area contributed by atoms with Gasteiger partial charge in [0.05, 0.1) is 5.69 Å². The number of pyridine rings is 2. The van der Waals surface area contributed by atoms with Crippen LogP contribution in [0, 0.1) is 13.8 Å². The zero-order valence-corrected chi connectivity index (χ0v) is 11.5. The van der Waals surface area contributed by atoms with E-state index in [4.69, 9.17) is 5.73 Å². The zero-order chi connectivity index (χ0) is 14.1. The Bertz CT molecular complexity index is 799. The van der Waals surface area contributed by atoms with Crippen molar-refractivity contribution in [1.29, 1.82) is 0 Å². The summed E-state index contributed by atoms with van der Waals surface area (Å²) in [5.41, 5.74) is 11.7. The number of rotatable bonds is 2. The first-order chi connectivity index (χ1) is 9.72. The number of aryl methyl sites for hydroxylation is 2. The lowest BCUT2D eigenvalue weighted by molar-refractivity contribution is 1.23. The van der Waals surface area contributed by atoms with Crippen LogP contribution >= 0.6 is 0 Å². The SMILES string of the molecule is Cc1ccnc(-c2c(C)[nH]c3ncccc23)c1/C=C\N. The molecule has 4 heteroatoms. The van der Waals surface area contributed by atoms with Crippen molar-refractivity contribution in [2.45, 2.75) is 13.8 Å². The third-order valence-corrected chi connectivity index (χ3v) is 3.47. The minimum Gasteiger partial charge on any atom is -0.405 e. The third kappa shape index (κ3) is 1.86. The Balaban J connectivity index is 2.37. The number of nitrogens with two attached hydrogens (primary N) is 1. The maximum Gasteiger partial charge on any atom is 0.138 e. The molecule has 3 aromatic rings. The van der Waals surface area contributed by atoms with Crippen molar-refractivity contribution < 1.29 is 0 Å². The van der Waals surface area contributed by atoms with Gasteiger partial charge in [-0.15, -0.1) is 0 Å². The Morgan fingerprint density at radius 1 is 1.15 bits per heavy atom. The van der Waals surface area contributed by atoms with Crippen molar-refractivity contribution in [3.8, 4) is 11.3 Å². The molecular weight excluding hydrogens is 248 g/mol. The van der Waals surface area contributed by atoms with Crippen molar-refractivity contribution in [2.24, 2.45) is 5.73 Å². The molecule has 0 radical (unpaired) electrons. The van der Waals surface area contributed by atoms with Gasteiger partial charge in [-0.25, -0.2) is 4.98 Å². The second kappa shape index (κ2) is 4.81. The summed E-state index contributed by atoms with van der Waals surface area (Å²) in [6, 6.07) is 5.98.